The van der Waals surface area contributed by atoms with Gasteiger partial charge in [0.2, 0.25) is 5.91 Å². The van der Waals surface area contributed by atoms with Gasteiger partial charge in [-0.05, 0) is 128 Å². The molecular weight excluding hydrogens is 829 g/mol. The van der Waals surface area contributed by atoms with Crippen LogP contribution in [-0.4, -0.2) is 73.6 Å². The predicted molar refractivity (Wildman–Crippen MR) is 288 cm³/mol. The molecule has 7 nitrogen and oxygen atoms in total. The quantitative estimate of drug-likeness (QED) is 0.0344. The summed E-state index contributed by atoms with van der Waals surface area (Å²) < 4.78 is 11.5. The molecule has 1 rings (SSSR count). The van der Waals surface area contributed by atoms with Crippen LogP contribution < -0.4 is 0 Å². The molecule has 1 aliphatic rings. The summed E-state index contributed by atoms with van der Waals surface area (Å²) in [6, 6.07) is 0. The average molecular weight is 942 g/mol. The van der Waals surface area contributed by atoms with Crippen molar-refractivity contribution in [3.63, 3.8) is 0 Å². The Kier molecular flexibility index (Phi) is 43.4. The molecule has 0 saturated carbocycles. The molecule has 392 valence electrons. The van der Waals surface area contributed by atoms with E-state index in [1.807, 2.05) is 13.8 Å². The Hall–Kier alpha value is -2.15. The van der Waals surface area contributed by atoms with E-state index in [4.69, 9.17) is 9.47 Å². The second-order valence-corrected chi connectivity index (χ2v) is 20.9. The molecule has 0 N–H and O–H groups in total. The summed E-state index contributed by atoms with van der Waals surface area (Å²) >= 11 is 0. The number of allylic oxidation sites excluding steroid dienone is 2. The number of piperidine rings is 1. The molecule has 0 radical (unpaired) electrons. The van der Waals surface area contributed by atoms with Crippen LogP contribution in [0.1, 0.15) is 286 Å². The molecule has 0 spiro atoms. The van der Waals surface area contributed by atoms with E-state index in [0.29, 0.717) is 25.5 Å². The van der Waals surface area contributed by atoms with Gasteiger partial charge in [0.1, 0.15) is 13.2 Å². The van der Waals surface area contributed by atoms with Gasteiger partial charge in [-0.15, -0.1) is 0 Å². The highest BCUT2D eigenvalue weighted by Crippen LogP contribution is 2.21. The SMILES string of the molecule is CCCCCCC(=CCOC(=O)C(C)CCCCCCCCN(CCCCCCCC(C)C(=O)OCC=C(CCCCCC)CCCCCC)C(=O)CCCN1CCCCC1)CCCCCC. The Bertz CT molecular complexity index is 1200. The monoisotopic (exact) mass is 941 g/mol. The van der Waals surface area contributed by atoms with E-state index in [0.717, 1.165) is 122 Å². The molecule has 1 amide bonds. The molecule has 1 heterocycles. The van der Waals surface area contributed by atoms with Crippen LogP contribution in [0.3, 0.4) is 0 Å². The molecule has 67 heavy (non-hydrogen) atoms. The van der Waals surface area contributed by atoms with Crippen LogP contribution in [0.15, 0.2) is 23.3 Å². The van der Waals surface area contributed by atoms with E-state index in [-0.39, 0.29) is 23.8 Å². The average Bonchev–Trinajstić information content (AvgIpc) is 3.33. The molecule has 0 aromatic heterocycles. The number of nitrogens with zero attached hydrogens (tertiary/aromatic N) is 2. The number of likely N-dealkylation sites (tertiary alicyclic amines) is 1. The van der Waals surface area contributed by atoms with Crippen molar-refractivity contribution in [2.75, 3.05) is 45.9 Å². The lowest BCUT2D eigenvalue weighted by molar-refractivity contribution is -0.147. The molecule has 0 aromatic carbocycles. The molecule has 0 aromatic rings. The first-order valence-corrected chi connectivity index (χ1v) is 29.4. The number of carbonyl (C=O) groups excluding carboxylic acids is 3. The van der Waals surface area contributed by atoms with Gasteiger partial charge < -0.3 is 19.3 Å². The summed E-state index contributed by atoms with van der Waals surface area (Å²) in [5.41, 5.74) is 2.96. The number of hydrogen-bond donors (Lipinski definition) is 0. The molecule has 1 aliphatic heterocycles. The number of rotatable bonds is 47. The second-order valence-electron chi connectivity index (χ2n) is 20.9. The number of carbonyl (C=O) groups is 3. The van der Waals surface area contributed by atoms with Crippen LogP contribution >= 0.6 is 0 Å². The topological polar surface area (TPSA) is 76.1 Å². The summed E-state index contributed by atoms with van der Waals surface area (Å²) in [6.45, 7) is 19.1. The van der Waals surface area contributed by atoms with Crippen LogP contribution in [0.4, 0.5) is 0 Å². The Morgan fingerprint density at radius 2 is 0.806 bits per heavy atom. The molecule has 2 unspecified atom stereocenters. The van der Waals surface area contributed by atoms with Crippen molar-refractivity contribution in [2.45, 2.75) is 286 Å². The number of hydrogen-bond acceptors (Lipinski definition) is 6. The summed E-state index contributed by atoms with van der Waals surface area (Å²) in [5.74, 6) is 0.132. The van der Waals surface area contributed by atoms with Gasteiger partial charge in [-0.25, -0.2) is 0 Å². The van der Waals surface area contributed by atoms with Crippen molar-refractivity contribution in [1.82, 2.24) is 9.80 Å². The maximum Gasteiger partial charge on any atom is 0.308 e. The van der Waals surface area contributed by atoms with Crippen molar-refractivity contribution in [2.24, 2.45) is 11.8 Å². The summed E-state index contributed by atoms with van der Waals surface area (Å²) in [4.78, 5) is 43.8. The maximum absolute atomic E-state index is 13.5. The lowest BCUT2D eigenvalue weighted by atomic mass is 10.00. The zero-order chi connectivity index (χ0) is 48.8. The molecule has 7 heteroatoms. The number of esters is 2. The lowest BCUT2D eigenvalue weighted by Gasteiger charge is -2.27. The Labute approximate surface area is 416 Å². The second kappa shape index (κ2) is 46.2. The van der Waals surface area contributed by atoms with Crippen molar-refractivity contribution >= 4 is 17.8 Å². The van der Waals surface area contributed by atoms with Crippen molar-refractivity contribution in [1.29, 1.82) is 0 Å². The van der Waals surface area contributed by atoms with Crippen LogP contribution in [0.25, 0.3) is 0 Å². The van der Waals surface area contributed by atoms with Gasteiger partial charge in [-0.2, -0.15) is 0 Å². The molecule has 0 aliphatic carbocycles. The molecule has 1 fully saturated rings. The minimum atomic E-state index is -0.0583. The van der Waals surface area contributed by atoms with E-state index >= 15 is 0 Å². The highest BCUT2D eigenvalue weighted by molar-refractivity contribution is 5.76. The molecule has 1 saturated heterocycles. The number of unbranched alkanes of at least 4 members (excludes halogenated alkanes) is 21. The minimum absolute atomic E-state index is 0.0476. The largest absolute Gasteiger partial charge is 0.461 e. The van der Waals surface area contributed by atoms with E-state index in [9.17, 15) is 14.4 Å². The smallest absolute Gasteiger partial charge is 0.308 e. The first-order chi connectivity index (χ1) is 32.7. The Morgan fingerprint density at radius 3 is 1.19 bits per heavy atom. The zero-order valence-corrected chi connectivity index (χ0v) is 45.6. The van der Waals surface area contributed by atoms with E-state index in [2.05, 4.69) is 49.6 Å². The number of amides is 1. The fraction of sp³-hybridized carbons (Fsp3) is 0.883. The van der Waals surface area contributed by atoms with Crippen LogP contribution in [0, 0.1) is 11.8 Å². The van der Waals surface area contributed by atoms with E-state index < -0.39 is 0 Å². The minimum Gasteiger partial charge on any atom is -0.461 e. The fourth-order valence-corrected chi connectivity index (χ4v) is 9.68. The summed E-state index contributed by atoms with van der Waals surface area (Å²) in [7, 11) is 0. The van der Waals surface area contributed by atoms with Gasteiger partial charge in [0.15, 0.2) is 0 Å². The molecule has 2 atom stereocenters. The fourth-order valence-electron chi connectivity index (χ4n) is 9.68. The maximum atomic E-state index is 13.5. The van der Waals surface area contributed by atoms with E-state index in [1.165, 1.54) is 159 Å². The van der Waals surface area contributed by atoms with Gasteiger partial charge in [0.25, 0.3) is 0 Å². The van der Waals surface area contributed by atoms with Gasteiger partial charge in [-0.3, -0.25) is 14.4 Å². The van der Waals surface area contributed by atoms with Crippen LogP contribution in [0.2, 0.25) is 0 Å². The zero-order valence-electron chi connectivity index (χ0n) is 45.6. The van der Waals surface area contributed by atoms with E-state index in [1.54, 1.807) is 0 Å². The van der Waals surface area contributed by atoms with Crippen molar-refractivity contribution in [3.05, 3.63) is 23.3 Å². The van der Waals surface area contributed by atoms with Gasteiger partial charge in [-0.1, -0.05) is 194 Å². The predicted octanol–water partition coefficient (Wildman–Crippen LogP) is 17.2. The first kappa shape index (κ1) is 62.9. The third-order valence-electron chi connectivity index (χ3n) is 14.5. The lowest BCUT2D eigenvalue weighted by Crippen LogP contribution is -2.34. The third-order valence-corrected chi connectivity index (χ3v) is 14.5. The summed E-state index contributed by atoms with van der Waals surface area (Å²) in [5, 5.41) is 0. The van der Waals surface area contributed by atoms with Gasteiger partial charge in [0, 0.05) is 19.5 Å². The third kappa shape index (κ3) is 37.4. The molecular formula is C60H112N2O5. The normalized spacial score (nSPS) is 13.8. The van der Waals surface area contributed by atoms with Crippen molar-refractivity contribution < 1.29 is 23.9 Å². The summed E-state index contributed by atoms with van der Waals surface area (Å²) in [6.07, 6.45) is 49.0. The number of ether oxygens (including phenoxy) is 2. The highest BCUT2D eigenvalue weighted by atomic mass is 16.5. The highest BCUT2D eigenvalue weighted by Gasteiger charge is 2.17. The molecule has 0 bridgehead atoms. The Balaban J connectivity index is 2.41. The van der Waals surface area contributed by atoms with Crippen LogP contribution in [0.5, 0.6) is 0 Å². The first-order valence-electron chi connectivity index (χ1n) is 29.4. The Morgan fingerprint density at radius 1 is 0.448 bits per heavy atom. The van der Waals surface area contributed by atoms with Crippen molar-refractivity contribution in [3.8, 4) is 0 Å². The standard InChI is InChI=1S/C60H112N2O5/c1-7-11-15-29-40-56(41-30-16-12-8-2)45-52-66-59(64)54(5)38-27-22-19-20-24-35-50-62(58(63)44-37-49-61-47-33-26-34-48-61)51-36-25-21-23-28-39-55(6)60(65)67-53-46-57(42-31-17-13-9-3)43-32-18-14-10-4/h45-46,54-55H,7-44,47-53H2,1-6H3. The van der Waals surface area contributed by atoms with Gasteiger partial charge >= 0.3 is 11.9 Å². The van der Waals surface area contributed by atoms with Gasteiger partial charge in [0.05, 0.1) is 11.8 Å². The van der Waals surface area contributed by atoms with Crippen LogP contribution in [-0.2, 0) is 23.9 Å².